The normalized spacial score (nSPS) is 37.7. The lowest BCUT2D eigenvalue weighted by molar-refractivity contribution is -0.165. The fourth-order valence-electron chi connectivity index (χ4n) is 4.80. The Labute approximate surface area is 203 Å². The van der Waals surface area contributed by atoms with Crippen molar-refractivity contribution >= 4 is 17.7 Å². The maximum atomic E-state index is 12.5. The molecule has 11 heteroatoms. The predicted octanol–water partition coefficient (Wildman–Crippen LogP) is 2.69. The van der Waals surface area contributed by atoms with Gasteiger partial charge in [0.1, 0.15) is 24.6 Å². The number of carboxylic acids is 1. The van der Waals surface area contributed by atoms with E-state index in [1.807, 2.05) is 0 Å². The van der Waals surface area contributed by atoms with Gasteiger partial charge in [0.25, 0.3) is 0 Å². The molecule has 3 atom stereocenters. The summed E-state index contributed by atoms with van der Waals surface area (Å²) >= 11 is 0. The van der Waals surface area contributed by atoms with Crippen LogP contribution in [-0.4, -0.2) is 82.1 Å². The third-order valence-electron chi connectivity index (χ3n) is 7.42. The molecule has 0 aromatic carbocycles. The topological polar surface area (TPSA) is 141 Å². The van der Waals surface area contributed by atoms with E-state index in [9.17, 15) is 37.8 Å². The number of carbonyl (C=O) groups excluding carboxylic acids is 2. The summed E-state index contributed by atoms with van der Waals surface area (Å²) in [6, 6.07) is 0. The van der Waals surface area contributed by atoms with E-state index in [0.29, 0.717) is 19.3 Å². The van der Waals surface area contributed by atoms with Crippen molar-refractivity contribution in [1.82, 2.24) is 0 Å². The predicted molar refractivity (Wildman–Crippen MR) is 120 cm³/mol. The second-order valence-corrected chi connectivity index (χ2v) is 10.9. The van der Waals surface area contributed by atoms with Crippen molar-refractivity contribution in [1.29, 1.82) is 0 Å². The zero-order valence-electron chi connectivity index (χ0n) is 21.0. The Bertz CT molecular complexity index is 701. The van der Waals surface area contributed by atoms with E-state index in [4.69, 9.17) is 10.2 Å². The highest BCUT2D eigenvalue weighted by atomic mass is 19.1. The van der Waals surface area contributed by atoms with Gasteiger partial charge in [-0.2, -0.15) is 0 Å². The van der Waals surface area contributed by atoms with Crippen molar-refractivity contribution in [2.24, 2.45) is 16.2 Å². The number of hydrogen-bond acceptors (Lipinski definition) is 7. The quantitative estimate of drug-likeness (QED) is 0.382. The summed E-state index contributed by atoms with van der Waals surface area (Å²) in [5.41, 5.74) is -1.86. The largest absolute Gasteiger partial charge is 0.479 e. The number of ether oxygens (including phenoxy) is 1. The zero-order chi connectivity index (χ0) is 27.4. The van der Waals surface area contributed by atoms with Crippen LogP contribution in [0.25, 0.3) is 0 Å². The van der Waals surface area contributed by atoms with E-state index >= 15 is 0 Å². The van der Waals surface area contributed by atoms with Gasteiger partial charge in [0.15, 0.2) is 18.0 Å². The van der Waals surface area contributed by atoms with E-state index < -0.39 is 65.0 Å². The molecule has 3 saturated carbocycles. The van der Waals surface area contributed by atoms with Gasteiger partial charge >= 0.3 is 11.9 Å². The second-order valence-electron chi connectivity index (χ2n) is 10.9. The van der Waals surface area contributed by atoms with Gasteiger partial charge in [0.2, 0.25) is 0 Å². The molecule has 0 heterocycles. The molecule has 8 nitrogen and oxygen atoms in total. The Morgan fingerprint density at radius 3 is 1.34 bits per heavy atom. The lowest BCUT2D eigenvalue weighted by Crippen LogP contribution is -2.49. The number of aliphatic hydroxyl groups excluding tert-OH is 3. The van der Waals surface area contributed by atoms with Crippen LogP contribution in [-0.2, 0) is 19.1 Å². The number of methoxy groups -OCH3 is 1. The Kier molecular flexibility index (Phi) is 10.7. The molecule has 35 heavy (non-hydrogen) atoms. The summed E-state index contributed by atoms with van der Waals surface area (Å²) in [6.45, 7) is 6.74. The van der Waals surface area contributed by atoms with E-state index in [1.165, 1.54) is 7.11 Å². The molecule has 0 aromatic rings. The minimum atomic E-state index is -1.42. The lowest BCUT2D eigenvalue weighted by Gasteiger charge is -2.43. The van der Waals surface area contributed by atoms with Gasteiger partial charge in [-0.05, 0) is 38.5 Å². The number of halogens is 3. The van der Waals surface area contributed by atoms with Gasteiger partial charge in [-0.25, -0.2) is 22.8 Å². The van der Waals surface area contributed by atoms with Crippen LogP contribution in [0.5, 0.6) is 0 Å². The number of aliphatic carboxylic acids is 1. The van der Waals surface area contributed by atoms with Crippen LogP contribution in [0.3, 0.4) is 0 Å². The molecule has 204 valence electrons. The molecule has 0 spiro atoms. The molecule has 3 aliphatic carbocycles. The summed E-state index contributed by atoms with van der Waals surface area (Å²) in [4.78, 5) is 32.2. The van der Waals surface area contributed by atoms with Gasteiger partial charge in [0.05, 0.1) is 7.11 Å². The Morgan fingerprint density at radius 2 is 1.09 bits per heavy atom. The number of ketones is 1. The first-order valence-corrected chi connectivity index (χ1v) is 11.7. The molecular weight excluding hydrogens is 473 g/mol. The van der Waals surface area contributed by atoms with Crippen LogP contribution in [0.2, 0.25) is 0 Å². The summed E-state index contributed by atoms with van der Waals surface area (Å²) in [5.74, 6) is -2.12. The second kappa shape index (κ2) is 12.0. The van der Waals surface area contributed by atoms with Crippen molar-refractivity contribution in [3.63, 3.8) is 0 Å². The molecule has 0 aromatic heterocycles. The first kappa shape index (κ1) is 31.3. The highest BCUT2D eigenvalue weighted by Crippen LogP contribution is 2.47. The molecule has 3 aliphatic rings. The van der Waals surface area contributed by atoms with E-state index in [1.54, 1.807) is 27.7 Å². The number of carbonyl (C=O) groups is 3. The third kappa shape index (κ3) is 7.63. The maximum absolute atomic E-state index is 12.5. The summed E-state index contributed by atoms with van der Waals surface area (Å²) in [6.07, 6.45) is -4.46. The van der Waals surface area contributed by atoms with Crippen LogP contribution in [0.4, 0.5) is 13.2 Å². The number of hydrogen-bond donors (Lipinski definition) is 4. The molecule has 0 saturated heterocycles. The average molecular weight is 513 g/mol. The maximum Gasteiger partial charge on any atom is 0.335 e. The minimum Gasteiger partial charge on any atom is -0.479 e. The lowest BCUT2D eigenvalue weighted by atomic mass is 9.64. The van der Waals surface area contributed by atoms with E-state index in [-0.39, 0.29) is 31.5 Å². The zero-order valence-corrected chi connectivity index (χ0v) is 21.0. The van der Waals surface area contributed by atoms with Crippen molar-refractivity contribution in [2.75, 3.05) is 7.11 Å². The van der Waals surface area contributed by atoms with Gasteiger partial charge in [0, 0.05) is 22.7 Å². The third-order valence-corrected chi connectivity index (χ3v) is 7.42. The van der Waals surface area contributed by atoms with Gasteiger partial charge in [-0.1, -0.05) is 27.7 Å². The highest BCUT2D eigenvalue weighted by molar-refractivity contribution is 5.83. The van der Waals surface area contributed by atoms with E-state index in [0.717, 1.165) is 0 Å². The van der Waals surface area contributed by atoms with Crippen molar-refractivity contribution in [3.8, 4) is 0 Å². The molecule has 0 bridgehead atoms. The van der Waals surface area contributed by atoms with Gasteiger partial charge < -0.3 is 25.2 Å². The molecule has 3 fully saturated rings. The monoisotopic (exact) mass is 512 g/mol. The first-order chi connectivity index (χ1) is 15.9. The van der Waals surface area contributed by atoms with Crippen LogP contribution in [0.1, 0.15) is 72.6 Å². The van der Waals surface area contributed by atoms with E-state index in [2.05, 4.69) is 4.74 Å². The summed E-state index contributed by atoms with van der Waals surface area (Å²) in [5, 5.41) is 36.3. The smallest absolute Gasteiger partial charge is 0.335 e. The fraction of sp³-hybridized carbons (Fsp3) is 0.875. The summed E-state index contributed by atoms with van der Waals surface area (Å²) < 4.78 is 41.7. The Hall–Kier alpha value is -1.72. The van der Waals surface area contributed by atoms with Gasteiger partial charge in [-0.3, -0.25) is 4.79 Å². The standard InChI is InChI=1S/C9H15FO2.C8H13FO3.C7H11FO3/c1-3-7(11)8(12)9(2)4-6(10)5-9;1-8(3-5(9)4-8)6(10)7(11)12-2;1-7(2-4(8)3-7)5(9)6(10)11/h6,8,12H,3-5H2,1-2H3;5-6,10H,3-4H2,1-2H3;4-5,9H,2-3H2,1H3,(H,10,11). The van der Waals surface area contributed by atoms with Crippen LogP contribution in [0, 0.1) is 16.2 Å². The fourth-order valence-corrected chi connectivity index (χ4v) is 4.80. The molecule has 3 unspecified atom stereocenters. The minimum absolute atomic E-state index is 0.153. The number of carboxylic acid groups (broad SMARTS) is 1. The number of aliphatic hydroxyl groups is 3. The van der Waals surface area contributed by atoms with Crippen LogP contribution in [0.15, 0.2) is 0 Å². The SMILES string of the molecule is CC1(C(O)C(=O)O)CC(F)C1.CCC(=O)C(O)C1(C)CC(F)C1.COC(=O)C(O)C1(C)CC(F)C1. The number of rotatable bonds is 7. The number of alkyl halides is 3. The van der Waals surface area contributed by atoms with Crippen molar-refractivity contribution in [2.45, 2.75) is 109 Å². The highest BCUT2D eigenvalue weighted by Gasteiger charge is 2.50. The molecular formula is C24H39F3O8. The number of Topliss-reactive ketones (excluding diaryl/α,β-unsaturated/α-hetero) is 1. The average Bonchev–Trinajstić information content (AvgIpc) is 2.74. The van der Waals surface area contributed by atoms with Crippen molar-refractivity contribution in [3.05, 3.63) is 0 Å². The van der Waals surface area contributed by atoms with Crippen molar-refractivity contribution < 1.29 is 52.7 Å². The molecule has 4 N–H and O–H groups in total. The Morgan fingerprint density at radius 1 is 0.771 bits per heavy atom. The molecule has 0 aliphatic heterocycles. The van der Waals surface area contributed by atoms with Crippen LogP contribution >= 0.6 is 0 Å². The van der Waals surface area contributed by atoms with Gasteiger partial charge in [-0.15, -0.1) is 0 Å². The first-order valence-electron chi connectivity index (χ1n) is 11.7. The molecule has 0 amide bonds. The van der Waals surface area contributed by atoms with Crippen LogP contribution < -0.4 is 0 Å². The summed E-state index contributed by atoms with van der Waals surface area (Å²) in [7, 11) is 1.21. The number of esters is 1. The Balaban J connectivity index is 0.000000263. The molecule has 3 rings (SSSR count). The molecule has 0 radical (unpaired) electrons.